The van der Waals surface area contributed by atoms with Crippen molar-refractivity contribution in [2.45, 2.75) is 45.1 Å². The van der Waals surface area contributed by atoms with Crippen molar-refractivity contribution < 1.29 is 23.1 Å². The van der Waals surface area contributed by atoms with Crippen molar-refractivity contribution in [3.05, 3.63) is 0 Å². The van der Waals surface area contributed by atoms with E-state index >= 15 is 0 Å². The normalized spacial score (nSPS) is 16.9. The summed E-state index contributed by atoms with van der Waals surface area (Å²) in [5.74, 6) is -2.50. The Balaban J connectivity index is 2.42. The lowest BCUT2D eigenvalue weighted by atomic mass is 10.2. The number of carboxylic acid groups (broad SMARTS) is 1. The first-order valence-electron chi connectivity index (χ1n) is 6.58. The molecule has 0 bridgehead atoms. The summed E-state index contributed by atoms with van der Waals surface area (Å²) in [4.78, 5) is 22.5. The minimum Gasteiger partial charge on any atom is -0.480 e. The van der Waals surface area contributed by atoms with Crippen molar-refractivity contribution in [1.29, 1.82) is 0 Å². The highest BCUT2D eigenvalue weighted by molar-refractivity contribution is 7.92. The zero-order valence-corrected chi connectivity index (χ0v) is 11.9. The summed E-state index contributed by atoms with van der Waals surface area (Å²) in [7, 11) is -3.43. The molecule has 2 N–H and O–H groups in total. The lowest BCUT2D eigenvalue weighted by molar-refractivity contribution is -0.142. The summed E-state index contributed by atoms with van der Waals surface area (Å²) in [5.41, 5.74) is 0. The summed E-state index contributed by atoms with van der Waals surface area (Å²) in [6.07, 6.45) is 3.78. The Morgan fingerprint density at radius 2 is 1.95 bits per heavy atom. The molecule has 1 atom stereocenters. The minimum absolute atomic E-state index is 0.0184. The topological polar surface area (TPSA) is 101 Å². The summed E-state index contributed by atoms with van der Waals surface area (Å²) < 4.78 is 23.3. The van der Waals surface area contributed by atoms with Crippen molar-refractivity contribution in [2.75, 3.05) is 11.5 Å². The average Bonchev–Trinajstić information content (AvgIpc) is 3.08. The standard InChI is InChI=1S/C12H21NO5S/c1-2-3-4-7-19(17,18)8-10(14)13-11(12(15)16)9-5-6-9/h9,11H,2-8H2,1H3,(H,13,14)(H,15,16). The van der Waals surface area contributed by atoms with E-state index in [1.165, 1.54) is 0 Å². The van der Waals surface area contributed by atoms with Crippen molar-refractivity contribution in [3.63, 3.8) is 0 Å². The van der Waals surface area contributed by atoms with Crippen LogP contribution in [0.1, 0.15) is 39.0 Å². The Hall–Kier alpha value is -1.11. The number of rotatable bonds is 9. The smallest absolute Gasteiger partial charge is 0.326 e. The maximum atomic E-state index is 11.6. The van der Waals surface area contributed by atoms with Crippen LogP contribution < -0.4 is 5.32 Å². The SMILES string of the molecule is CCCCCS(=O)(=O)CC(=O)NC(C(=O)O)C1CC1. The molecule has 6 nitrogen and oxygen atoms in total. The number of sulfone groups is 1. The first kappa shape index (κ1) is 15.9. The molecular formula is C12H21NO5S. The highest BCUT2D eigenvalue weighted by Gasteiger charge is 2.37. The number of carboxylic acids is 1. The predicted octanol–water partition coefficient (Wildman–Crippen LogP) is 0.571. The van der Waals surface area contributed by atoms with Crippen molar-refractivity contribution in [2.24, 2.45) is 5.92 Å². The predicted molar refractivity (Wildman–Crippen MR) is 70.5 cm³/mol. The second-order valence-corrected chi connectivity index (χ2v) is 7.20. The minimum atomic E-state index is -3.43. The molecule has 1 fully saturated rings. The summed E-state index contributed by atoms with van der Waals surface area (Å²) in [5, 5.41) is 11.2. The van der Waals surface area contributed by atoms with E-state index < -0.39 is 33.5 Å². The second kappa shape index (κ2) is 6.88. The number of nitrogens with one attached hydrogen (secondary N) is 1. The van der Waals surface area contributed by atoms with E-state index in [1.807, 2.05) is 6.92 Å². The quantitative estimate of drug-likeness (QED) is 0.605. The molecule has 1 aliphatic carbocycles. The van der Waals surface area contributed by atoms with Crippen LogP contribution in [0.2, 0.25) is 0 Å². The fourth-order valence-electron chi connectivity index (χ4n) is 1.87. The number of amides is 1. The Morgan fingerprint density at radius 3 is 2.42 bits per heavy atom. The van der Waals surface area contributed by atoms with E-state index in [0.29, 0.717) is 6.42 Å². The van der Waals surface area contributed by atoms with E-state index in [2.05, 4.69) is 5.32 Å². The summed E-state index contributed by atoms with van der Waals surface area (Å²) >= 11 is 0. The fourth-order valence-corrected chi connectivity index (χ4v) is 3.14. The molecule has 1 amide bonds. The molecule has 0 aromatic rings. The van der Waals surface area contributed by atoms with Gasteiger partial charge in [0.2, 0.25) is 5.91 Å². The Morgan fingerprint density at radius 1 is 1.32 bits per heavy atom. The van der Waals surface area contributed by atoms with Gasteiger partial charge in [-0.2, -0.15) is 0 Å². The van der Waals surface area contributed by atoms with Crippen molar-refractivity contribution in [3.8, 4) is 0 Å². The third kappa shape index (κ3) is 6.04. The molecular weight excluding hydrogens is 270 g/mol. The average molecular weight is 291 g/mol. The number of aliphatic carboxylic acids is 1. The van der Waals surface area contributed by atoms with Gasteiger partial charge in [-0.25, -0.2) is 13.2 Å². The zero-order valence-electron chi connectivity index (χ0n) is 11.1. The number of hydrogen-bond donors (Lipinski definition) is 2. The van der Waals surface area contributed by atoms with Gasteiger partial charge in [-0.05, 0) is 25.2 Å². The number of carbonyl (C=O) groups is 2. The van der Waals surface area contributed by atoms with Crippen LogP contribution in [0.5, 0.6) is 0 Å². The first-order valence-corrected chi connectivity index (χ1v) is 8.40. The van der Waals surface area contributed by atoms with Gasteiger partial charge in [0, 0.05) is 0 Å². The van der Waals surface area contributed by atoms with Gasteiger partial charge in [-0.1, -0.05) is 19.8 Å². The maximum absolute atomic E-state index is 11.6. The lowest BCUT2D eigenvalue weighted by Crippen LogP contribution is -2.44. The van der Waals surface area contributed by atoms with Crippen LogP contribution in [0.25, 0.3) is 0 Å². The molecule has 1 aliphatic rings. The van der Waals surface area contributed by atoms with Crippen LogP contribution in [0.15, 0.2) is 0 Å². The Kier molecular flexibility index (Phi) is 5.78. The molecule has 7 heteroatoms. The van der Waals surface area contributed by atoms with E-state index in [9.17, 15) is 18.0 Å². The second-order valence-electron chi connectivity index (χ2n) is 5.02. The summed E-state index contributed by atoms with van der Waals surface area (Å²) in [6.45, 7) is 1.96. The molecule has 1 saturated carbocycles. The molecule has 0 aromatic carbocycles. The molecule has 0 heterocycles. The van der Waals surface area contributed by atoms with Gasteiger partial charge in [0.1, 0.15) is 11.8 Å². The molecule has 0 spiro atoms. The molecule has 19 heavy (non-hydrogen) atoms. The van der Waals surface area contributed by atoms with E-state index in [0.717, 1.165) is 25.7 Å². The highest BCUT2D eigenvalue weighted by atomic mass is 32.2. The van der Waals surface area contributed by atoms with Gasteiger partial charge in [-0.15, -0.1) is 0 Å². The van der Waals surface area contributed by atoms with Gasteiger partial charge < -0.3 is 10.4 Å². The Bertz CT molecular complexity index is 427. The number of carbonyl (C=O) groups excluding carboxylic acids is 1. The van der Waals surface area contributed by atoms with Gasteiger partial charge in [0.15, 0.2) is 9.84 Å². The van der Waals surface area contributed by atoms with E-state index in [-0.39, 0.29) is 11.7 Å². The fraction of sp³-hybridized carbons (Fsp3) is 0.833. The van der Waals surface area contributed by atoms with E-state index in [1.54, 1.807) is 0 Å². The molecule has 1 rings (SSSR count). The molecule has 0 saturated heterocycles. The first-order chi connectivity index (χ1) is 8.85. The number of unbranched alkanes of at least 4 members (excludes halogenated alkanes) is 2. The van der Waals surface area contributed by atoms with Crippen LogP contribution in [0, 0.1) is 5.92 Å². The molecule has 110 valence electrons. The van der Waals surface area contributed by atoms with Crippen molar-refractivity contribution in [1.82, 2.24) is 5.32 Å². The monoisotopic (exact) mass is 291 g/mol. The van der Waals surface area contributed by atoms with Gasteiger partial charge in [-0.3, -0.25) is 4.79 Å². The molecule has 0 radical (unpaired) electrons. The largest absolute Gasteiger partial charge is 0.480 e. The zero-order chi connectivity index (χ0) is 14.5. The van der Waals surface area contributed by atoms with Crippen LogP contribution in [-0.2, 0) is 19.4 Å². The van der Waals surface area contributed by atoms with Gasteiger partial charge in [0.25, 0.3) is 0 Å². The Labute approximate surface area is 113 Å². The van der Waals surface area contributed by atoms with Crippen LogP contribution in [0.3, 0.4) is 0 Å². The summed E-state index contributed by atoms with van der Waals surface area (Å²) in [6, 6.07) is -0.946. The van der Waals surface area contributed by atoms with Crippen LogP contribution in [0.4, 0.5) is 0 Å². The maximum Gasteiger partial charge on any atom is 0.326 e. The van der Waals surface area contributed by atoms with Gasteiger partial charge in [0.05, 0.1) is 5.75 Å². The highest BCUT2D eigenvalue weighted by Crippen LogP contribution is 2.32. The van der Waals surface area contributed by atoms with E-state index in [4.69, 9.17) is 5.11 Å². The third-order valence-electron chi connectivity index (χ3n) is 3.09. The number of hydrogen-bond acceptors (Lipinski definition) is 4. The lowest BCUT2D eigenvalue weighted by Gasteiger charge is -2.13. The molecule has 0 aliphatic heterocycles. The van der Waals surface area contributed by atoms with Crippen molar-refractivity contribution >= 4 is 21.7 Å². The molecule has 0 aromatic heterocycles. The molecule has 1 unspecified atom stereocenters. The van der Waals surface area contributed by atoms with Crippen LogP contribution >= 0.6 is 0 Å². The van der Waals surface area contributed by atoms with Crippen LogP contribution in [-0.4, -0.2) is 42.9 Å². The van der Waals surface area contributed by atoms with Gasteiger partial charge >= 0.3 is 5.97 Å². The third-order valence-corrected chi connectivity index (χ3v) is 4.70.